The van der Waals surface area contributed by atoms with Gasteiger partial charge in [-0.3, -0.25) is 10.1 Å². The van der Waals surface area contributed by atoms with E-state index in [1.165, 1.54) is 18.5 Å². The van der Waals surface area contributed by atoms with E-state index in [0.29, 0.717) is 5.02 Å². The number of aromatic amines is 1. The Morgan fingerprint density at radius 2 is 1.92 bits per heavy atom. The molecule has 0 aliphatic rings. The molecule has 0 saturated carbocycles. The Labute approximate surface area is 138 Å². The molecule has 0 bridgehead atoms. The highest BCUT2D eigenvalue weighted by molar-refractivity contribution is 7.92. The second-order valence-corrected chi connectivity index (χ2v) is 6.96. The van der Waals surface area contributed by atoms with Gasteiger partial charge in [0.05, 0.1) is 28.3 Å². The Bertz CT molecular complexity index is 1020. The summed E-state index contributed by atoms with van der Waals surface area (Å²) >= 11 is 5.78. The van der Waals surface area contributed by atoms with Crippen LogP contribution in [0.2, 0.25) is 5.02 Å². The molecule has 0 spiro atoms. The van der Waals surface area contributed by atoms with Crippen molar-refractivity contribution in [2.24, 2.45) is 0 Å². The molecule has 0 saturated heterocycles. The third-order valence-corrected chi connectivity index (χ3v) is 4.77. The lowest BCUT2D eigenvalue weighted by Gasteiger charge is -2.11. The minimum absolute atomic E-state index is 0.0697. The first-order valence-electron chi connectivity index (χ1n) is 6.26. The fraction of sp³-hybridized carbons (Fsp3) is 0.0769. The molecule has 0 aliphatic heterocycles. The predicted molar refractivity (Wildman–Crippen MR) is 78.7 cm³/mol. The van der Waals surface area contributed by atoms with Crippen LogP contribution in [0.1, 0.15) is 0 Å². The second kappa shape index (κ2) is 5.64. The SMILES string of the molecule is O=S(=O)(c1ccc(Oc2cncc(Cl)c2)c2cn[nH]c12)C(F)(F)F. The molecule has 24 heavy (non-hydrogen) atoms. The molecule has 1 N–H and O–H groups in total. The molecule has 11 heteroatoms. The van der Waals surface area contributed by atoms with Crippen molar-refractivity contribution in [1.29, 1.82) is 0 Å². The monoisotopic (exact) mass is 377 g/mol. The highest BCUT2D eigenvalue weighted by Crippen LogP contribution is 2.37. The number of nitrogens with one attached hydrogen (secondary N) is 1. The van der Waals surface area contributed by atoms with Gasteiger partial charge in [-0.05, 0) is 12.1 Å². The van der Waals surface area contributed by atoms with Crippen LogP contribution in [0.5, 0.6) is 11.5 Å². The molecule has 0 fully saturated rings. The van der Waals surface area contributed by atoms with Crippen LogP contribution in [0.3, 0.4) is 0 Å². The topological polar surface area (TPSA) is 84.9 Å². The number of benzene rings is 1. The second-order valence-electron chi connectivity index (χ2n) is 4.61. The third kappa shape index (κ3) is 2.78. The van der Waals surface area contributed by atoms with Crippen LogP contribution in [0.25, 0.3) is 10.9 Å². The molecule has 6 nitrogen and oxygen atoms in total. The molecular weight excluding hydrogens is 371 g/mol. The summed E-state index contributed by atoms with van der Waals surface area (Å²) < 4.78 is 67.1. The number of H-pyrrole nitrogens is 1. The molecule has 2 aromatic heterocycles. The van der Waals surface area contributed by atoms with Crippen LogP contribution in [0, 0.1) is 0 Å². The van der Waals surface area contributed by atoms with Gasteiger partial charge in [-0.2, -0.15) is 18.3 Å². The Morgan fingerprint density at radius 1 is 1.17 bits per heavy atom. The molecule has 126 valence electrons. The van der Waals surface area contributed by atoms with Crippen LogP contribution < -0.4 is 4.74 Å². The van der Waals surface area contributed by atoms with E-state index >= 15 is 0 Å². The number of pyridine rings is 1. The zero-order valence-corrected chi connectivity index (χ0v) is 13.1. The Kier molecular flexibility index (Phi) is 3.88. The van der Waals surface area contributed by atoms with Gasteiger partial charge in [0.25, 0.3) is 9.84 Å². The van der Waals surface area contributed by atoms with Crippen LogP contribution in [0.4, 0.5) is 13.2 Å². The van der Waals surface area contributed by atoms with Gasteiger partial charge in [-0.1, -0.05) is 11.6 Å². The van der Waals surface area contributed by atoms with Gasteiger partial charge in [-0.15, -0.1) is 0 Å². The number of fused-ring (bicyclic) bond motifs is 1. The number of hydrogen-bond donors (Lipinski definition) is 1. The lowest BCUT2D eigenvalue weighted by atomic mass is 10.2. The van der Waals surface area contributed by atoms with Gasteiger partial charge in [0.1, 0.15) is 16.4 Å². The molecule has 2 heterocycles. The first kappa shape index (κ1) is 16.5. The van der Waals surface area contributed by atoms with Crippen molar-refractivity contribution in [3.05, 3.63) is 41.8 Å². The number of nitrogens with zero attached hydrogens (tertiary/aromatic N) is 2. The summed E-state index contributed by atoms with van der Waals surface area (Å²) in [6.45, 7) is 0. The van der Waals surface area contributed by atoms with Crippen molar-refractivity contribution in [2.45, 2.75) is 10.4 Å². The fourth-order valence-electron chi connectivity index (χ4n) is 2.00. The van der Waals surface area contributed by atoms with E-state index in [1.807, 2.05) is 0 Å². The number of halogens is 4. The Balaban J connectivity index is 2.12. The number of rotatable bonds is 3. The Morgan fingerprint density at radius 3 is 2.58 bits per heavy atom. The number of hydrogen-bond acceptors (Lipinski definition) is 5. The standard InChI is InChI=1S/C13H7ClF3N3O3S/c14-7-3-8(5-18-4-7)23-10-1-2-11(12-9(10)6-19-20-12)24(21,22)13(15,16)17/h1-6H,(H,19,20). The molecule has 0 atom stereocenters. The smallest absolute Gasteiger partial charge is 0.455 e. The average molecular weight is 378 g/mol. The summed E-state index contributed by atoms with van der Waals surface area (Å²) in [7, 11) is -5.53. The van der Waals surface area contributed by atoms with E-state index in [9.17, 15) is 21.6 Å². The van der Waals surface area contributed by atoms with E-state index < -0.39 is 20.2 Å². The number of ether oxygens (including phenoxy) is 1. The maximum Gasteiger partial charge on any atom is 0.501 e. The molecule has 0 aliphatic carbocycles. The maximum atomic E-state index is 12.8. The van der Waals surface area contributed by atoms with Crippen molar-refractivity contribution in [3.8, 4) is 11.5 Å². The van der Waals surface area contributed by atoms with Gasteiger partial charge in [0.2, 0.25) is 0 Å². The van der Waals surface area contributed by atoms with Gasteiger partial charge in [-0.25, -0.2) is 8.42 Å². The van der Waals surface area contributed by atoms with E-state index in [1.54, 1.807) is 0 Å². The molecule has 3 rings (SSSR count). The van der Waals surface area contributed by atoms with Crippen molar-refractivity contribution in [1.82, 2.24) is 15.2 Å². The quantitative estimate of drug-likeness (QED) is 0.752. The maximum absolute atomic E-state index is 12.8. The first-order chi connectivity index (χ1) is 11.2. The molecule has 0 radical (unpaired) electrons. The van der Waals surface area contributed by atoms with Crippen LogP contribution >= 0.6 is 11.6 Å². The minimum Gasteiger partial charge on any atom is -0.455 e. The minimum atomic E-state index is -5.53. The van der Waals surface area contributed by atoms with Crippen LogP contribution in [0.15, 0.2) is 41.7 Å². The van der Waals surface area contributed by atoms with Gasteiger partial charge in [0.15, 0.2) is 0 Å². The van der Waals surface area contributed by atoms with E-state index in [4.69, 9.17) is 16.3 Å². The molecule has 0 amide bonds. The highest BCUT2D eigenvalue weighted by Gasteiger charge is 2.48. The van der Waals surface area contributed by atoms with Crippen LogP contribution in [-0.4, -0.2) is 29.1 Å². The first-order valence-corrected chi connectivity index (χ1v) is 8.12. The lowest BCUT2D eigenvalue weighted by molar-refractivity contribution is -0.0435. The predicted octanol–water partition coefficient (Wildman–Crippen LogP) is 3.70. The van der Waals surface area contributed by atoms with Gasteiger partial charge >= 0.3 is 5.51 Å². The normalized spacial score (nSPS) is 12.5. The summed E-state index contributed by atoms with van der Waals surface area (Å²) in [5, 5.41) is 6.22. The van der Waals surface area contributed by atoms with Gasteiger partial charge in [0, 0.05) is 12.3 Å². The molecule has 1 aromatic carbocycles. The summed E-state index contributed by atoms with van der Waals surface area (Å²) in [5.41, 5.74) is -5.73. The summed E-state index contributed by atoms with van der Waals surface area (Å²) in [6, 6.07) is 3.36. The number of aromatic nitrogens is 3. The van der Waals surface area contributed by atoms with E-state index in [2.05, 4.69) is 15.2 Å². The Hall–Kier alpha value is -2.33. The molecular formula is C13H7ClF3N3O3S. The summed E-state index contributed by atoms with van der Waals surface area (Å²) in [5.74, 6) is 0.334. The molecule has 0 unspecified atom stereocenters. The molecule has 3 aromatic rings. The lowest BCUT2D eigenvalue weighted by Crippen LogP contribution is -2.23. The van der Waals surface area contributed by atoms with Crippen LogP contribution in [-0.2, 0) is 9.84 Å². The van der Waals surface area contributed by atoms with Crippen molar-refractivity contribution >= 4 is 32.3 Å². The fourth-order valence-corrected chi connectivity index (χ4v) is 3.08. The third-order valence-electron chi connectivity index (χ3n) is 3.04. The van der Waals surface area contributed by atoms with E-state index in [-0.39, 0.29) is 22.4 Å². The highest BCUT2D eigenvalue weighted by atomic mass is 35.5. The van der Waals surface area contributed by atoms with Crippen molar-refractivity contribution in [2.75, 3.05) is 0 Å². The zero-order chi connectivity index (χ0) is 17.5. The largest absolute Gasteiger partial charge is 0.501 e. The zero-order valence-electron chi connectivity index (χ0n) is 11.5. The summed E-state index contributed by atoms with van der Waals surface area (Å²) in [6.07, 6.45) is 3.89. The number of alkyl halides is 3. The van der Waals surface area contributed by atoms with E-state index in [0.717, 1.165) is 18.3 Å². The summed E-state index contributed by atoms with van der Waals surface area (Å²) in [4.78, 5) is 2.88. The van der Waals surface area contributed by atoms with Crippen molar-refractivity contribution < 1.29 is 26.3 Å². The van der Waals surface area contributed by atoms with Crippen molar-refractivity contribution in [3.63, 3.8) is 0 Å². The average Bonchev–Trinajstić information content (AvgIpc) is 2.96. The van der Waals surface area contributed by atoms with Gasteiger partial charge < -0.3 is 4.74 Å². The number of sulfone groups is 1.